The number of likely N-dealkylation sites (N-methyl/N-ethyl adjacent to an activating group) is 2. The minimum atomic E-state index is 0.856. The highest BCUT2D eigenvalue weighted by Crippen LogP contribution is 2.19. The summed E-state index contributed by atoms with van der Waals surface area (Å²) in [4.78, 5) is 8.85. The van der Waals surface area contributed by atoms with E-state index in [1.54, 1.807) is 0 Å². The summed E-state index contributed by atoms with van der Waals surface area (Å²) in [6.07, 6.45) is 1.97. The molecule has 1 aromatic heterocycles. The normalized spacial score (nSPS) is 10.9. The van der Waals surface area contributed by atoms with Crippen LogP contribution >= 0.6 is 0 Å². The molecule has 0 fully saturated rings. The van der Waals surface area contributed by atoms with Gasteiger partial charge in [0.2, 0.25) is 0 Å². The second-order valence-corrected chi connectivity index (χ2v) is 4.71. The molecule has 0 aliphatic rings. The van der Waals surface area contributed by atoms with Crippen LogP contribution in [0.2, 0.25) is 0 Å². The van der Waals surface area contributed by atoms with Crippen LogP contribution in [-0.4, -0.2) is 51.2 Å². The Labute approximate surface area is 105 Å². The monoisotopic (exact) mass is 236 g/mol. The molecule has 4 nitrogen and oxygen atoms in total. The second kappa shape index (κ2) is 6.57. The predicted octanol–water partition coefficient (Wildman–Crippen LogP) is 1.11. The summed E-state index contributed by atoms with van der Waals surface area (Å²) < 4.78 is 0. The highest BCUT2D eigenvalue weighted by atomic mass is 15.2. The number of nitrogens with zero attached hydrogens (tertiary/aromatic N) is 3. The molecule has 0 aromatic carbocycles. The van der Waals surface area contributed by atoms with Gasteiger partial charge >= 0.3 is 0 Å². The van der Waals surface area contributed by atoms with Crippen molar-refractivity contribution in [3.8, 4) is 0 Å². The Morgan fingerprint density at radius 1 is 1.24 bits per heavy atom. The highest BCUT2D eigenvalue weighted by Gasteiger charge is 2.08. The summed E-state index contributed by atoms with van der Waals surface area (Å²) in [5.41, 5.74) is 3.59. The van der Waals surface area contributed by atoms with Crippen molar-refractivity contribution in [3.63, 3.8) is 0 Å². The maximum Gasteiger partial charge on any atom is 0.0443 e. The Bertz CT molecular complexity index is 349. The summed E-state index contributed by atoms with van der Waals surface area (Å²) in [5, 5.41) is 3.19. The van der Waals surface area contributed by atoms with Gasteiger partial charge in [-0.1, -0.05) is 0 Å². The van der Waals surface area contributed by atoms with E-state index in [2.05, 4.69) is 47.3 Å². The van der Waals surface area contributed by atoms with Crippen LogP contribution in [0.25, 0.3) is 0 Å². The smallest absolute Gasteiger partial charge is 0.0443 e. The summed E-state index contributed by atoms with van der Waals surface area (Å²) in [6.45, 7) is 4.96. The standard InChI is InChI=1S/C13H24N4/c1-11-8-13(12(9-14-2)10-15-11)17(5)7-6-16(3)4/h8,10,14H,6-7,9H2,1-5H3. The predicted molar refractivity (Wildman–Crippen MR) is 73.6 cm³/mol. The molecule has 1 N–H and O–H groups in total. The SMILES string of the molecule is CNCc1cnc(C)cc1N(C)CCN(C)C. The number of pyridine rings is 1. The van der Waals surface area contributed by atoms with Gasteiger partial charge in [0.25, 0.3) is 0 Å². The first-order chi connectivity index (χ1) is 8.04. The molecule has 0 amide bonds. The van der Waals surface area contributed by atoms with Crippen LogP contribution in [0, 0.1) is 6.92 Å². The highest BCUT2D eigenvalue weighted by molar-refractivity contribution is 5.53. The molecular formula is C13H24N4. The van der Waals surface area contributed by atoms with Crippen molar-refractivity contribution < 1.29 is 0 Å². The van der Waals surface area contributed by atoms with Crippen LogP contribution < -0.4 is 10.2 Å². The van der Waals surface area contributed by atoms with Gasteiger partial charge in [-0.25, -0.2) is 0 Å². The van der Waals surface area contributed by atoms with Gasteiger partial charge in [0.15, 0.2) is 0 Å². The summed E-state index contributed by atoms with van der Waals surface area (Å²) >= 11 is 0. The van der Waals surface area contributed by atoms with Crippen molar-refractivity contribution in [1.29, 1.82) is 0 Å². The lowest BCUT2D eigenvalue weighted by atomic mass is 10.2. The third-order valence-electron chi connectivity index (χ3n) is 2.76. The van der Waals surface area contributed by atoms with Crippen LogP contribution in [0.3, 0.4) is 0 Å². The van der Waals surface area contributed by atoms with Gasteiger partial charge in [-0.15, -0.1) is 0 Å². The van der Waals surface area contributed by atoms with Crippen molar-refractivity contribution in [1.82, 2.24) is 15.2 Å². The Balaban J connectivity index is 2.81. The van der Waals surface area contributed by atoms with Crippen molar-refractivity contribution in [2.45, 2.75) is 13.5 Å². The molecule has 0 unspecified atom stereocenters. The van der Waals surface area contributed by atoms with Crippen LogP contribution in [0.5, 0.6) is 0 Å². The van der Waals surface area contributed by atoms with Crippen LogP contribution in [-0.2, 0) is 6.54 Å². The third-order valence-corrected chi connectivity index (χ3v) is 2.76. The first-order valence-corrected chi connectivity index (χ1v) is 6.00. The van der Waals surface area contributed by atoms with Gasteiger partial charge in [-0.2, -0.15) is 0 Å². The van der Waals surface area contributed by atoms with Gasteiger partial charge in [-0.05, 0) is 34.1 Å². The zero-order chi connectivity index (χ0) is 12.8. The number of aromatic nitrogens is 1. The molecule has 0 saturated carbocycles. The van der Waals surface area contributed by atoms with E-state index in [0.717, 1.165) is 25.3 Å². The van der Waals surface area contributed by atoms with Crippen molar-refractivity contribution >= 4 is 5.69 Å². The average Bonchev–Trinajstić information content (AvgIpc) is 2.28. The zero-order valence-electron chi connectivity index (χ0n) is 11.6. The van der Waals surface area contributed by atoms with Crippen molar-refractivity contribution in [3.05, 3.63) is 23.5 Å². The number of hydrogen-bond donors (Lipinski definition) is 1. The Morgan fingerprint density at radius 2 is 1.94 bits per heavy atom. The fraction of sp³-hybridized carbons (Fsp3) is 0.615. The average molecular weight is 236 g/mol. The number of rotatable bonds is 6. The summed E-state index contributed by atoms with van der Waals surface area (Å²) in [6, 6.07) is 2.16. The van der Waals surface area contributed by atoms with Crippen LogP contribution in [0.15, 0.2) is 12.3 Å². The molecule has 1 heterocycles. The molecule has 1 aromatic rings. The fourth-order valence-corrected chi connectivity index (χ4v) is 1.73. The quantitative estimate of drug-likeness (QED) is 0.801. The number of aryl methyl sites for hydroxylation is 1. The Morgan fingerprint density at radius 3 is 2.53 bits per heavy atom. The minimum absolute atomic E-state index is 0.856. The van der Waals surface area contributed by atoms with Crippen LogP contribution in [0.1, 0.15) is 11.3 Å². The summed E-state index contributed by atoms with van der Waals surface area (Å²) in [7, 11) is 8.29. The largest absolute Gasteiger partial charge is 0.373 e. The lowest BCUT2D eigenvalue weighted by Gasteiger charge is -2.24. The zero-order valence-corrected chi connectivity index (χ0v) is 11.6. The van der Waals surface area contributed by atoms with Gasteiger partial charge in [0, 0.05) is 49.8 Å². The molecule has 0 spiro atoms. The van der Waals surface area contributed by atoms with E-state index in [9.17, 15) is 0 Å². The summed E-state index contributed by atoms with van der Waals surface area (Å²) in [5.74, 6) is 0. The molecule has 4 heteroatoms. The first kappa shape index (κ1) is 13.9. The fourth-order valence-electron chi connectivity index (χ4n) is 1.73. The molecule has 96 valence electrons. The molecular weight excluding hydrogens is 212 g/mol. The first-order valence-electron chi connectivity index (χ1n) is 6.00. The molecule has 0 saturated heterocycles. The van der Waals surface area contributed by atoms with E-state index in [-0.39, 0.29) is 0 Å². The van der Waals surface area contributed by atoms with E-state index in [4.69, 9.17) is 0 Å². The van der Waals surface area contributed by atoms with E-state index in [0.29, 0.717) is 0 Å². The second-order valence-electron chi connectivity index (χ2n) is 4.71. The molecule has 0 aliphatic heterocycles. The lowest BCUT2D eigenvalue weighted by Crippen LogP contribution is -2.29. The van der Waals surface area contributed by atoms with E-state index in [1.807, 2.05) is 20.2 Å². The molecule has 0 bridgehead atoms. The van der Waals surface area contributed by atoms with Gasteiger partial charge in [0.1, 0.15) is 0 Å². The van der Waals surface area contributed by atoms with Gasteiger partial charge < -0.3 is 15.1 Å². The van der Waals surface area contributed by atoms with Crippen molar-refractivity contribution in [2.75, 3.05) is 46.2 Å². The maximum absolute atomic E-state index is 4.36. The molecule has 0 atom stereocenters. The van der Waals surface area contributed by atoms with Crippen molar-refractivity contribution in [2.24, 2.45) is 0 Å². The van der Waals surface area contributed by atoms with Gasteiger partial charge in [-0.3, -0.25) is 4.98 Å². The van der Waals surface area contributed by atoms with E-state index < -0.39 is 0 Å². The number of hydrogen-bond acceptors (Lipinski definition) is 4. The van der Waals surface area contributed by atoms with Crippen LogP contribution in [0.4, 0.5) is 5.69 Å². The minimum Gasteiger partial charge on any atom is -0.373 e. The Hall–Kier alpha value is -1.13. The lowest BCUT2D eigenvalue weighted by molar-refractivity contribution is 0.416. The number of nitrogens with one attached hydrogen (secondary N) is 1. The number of anilines is 1. The third kappa shape index (κ3) is 4.32. The molecule has 1 rings (SSSR count). The molecule has 0 radical (unpaired) electrons. The van der Waals surface area contributed by atoms with Gasteiger partial charge in [0.05, 0.1) is 0 Å². The van der Waals surface area contributed by atoms with E-state index in [1.165, 1.54) is 11.3 Å². The topological polar surface area (TPSA) is 31.4 Å². The molecule has 17 heavy (non-hydrogen) atoms. The molecule has 0 aliphatic carbocycles. The maximum atomic E-state index is 4.36. The Kier molecular flexibility index (Phi) is 5.38. The van der Waals surface area contributed by atoms with E-state index >= 15 is 0 Å².